The summed E-state index contributed by atoms with van der Waals surface area (Å²) in [4.78, 5) is 13.3. The first kappa shape index (κ1) is 17.7. The summed E-state index contributed by atoms with van der Waals surface area (Å²) in [5.41, 5.74) is 1.95. The summed E-state index contributed by atoms with van der Waals surface area (Å²) >= 11 is 1.57. The monoisotopic (exact) mass is 407 g/mol. The van der Waals surface area contributed by atoms with Crippen molar-refractivity contribution in [1.82, 2.24) is 14.9 Å². The van der Waals surface area contributed by atoms with Crippen LogP contribution in [0.15, 0.2) is 63.2 Å². The summed E-state index contributed by atoms with van der Waals surface area (Å²) in [6, 6.07) is 14.6. The maximum atomic E-state index is 12.3. The highest BCUT2D eigenvalue weighted by Gasteiger charge is 2.14. The van der Waals surface area contributed by atoms with E-state index in [2.05, 4.69) is 10.3 Å². The Labute approximate surface area is 170 Å². The number of hydrogen-bond acceptors (Lipinski definition) is 7. The van der Waals surface area contributed by atoms with Gasteiger partial charge in [-0.1, -0.05) is 11.2 Å². The number of hydrogen-bond donors (Lipinski definition) is 0. The van der Waals surface area contributed by atoms with Crippen molar-refractivity contribution in [2.75, 3.05) is 13.2 Å². The van der Waals surface area contributed by atoms with Crippen molar-refractivity contribution < 1.29 is 14.0 Å². The lowest BCUT2D eigenvalue weighted by atomic mass is 10.1. The zero-order valence-corrected chi connectivity index (χ0v) is 16.2. The maximum Gasteiger partial charge on any atom is 0.267 e. The van der Waals surface area contributed by atoms with Crippen molar-refractivity contribution in [3.63, 3.8) is 0 Å². The minimum atomic E-state index is -0.205. The molecular weight excluding hydrogens is 390 g/mol. The highest BCUT2D eigenvalue weighted by Crippen LogP contribution is 2.33. The fourth-order valence-corrected chi connectivity index (χ4v) is 3.79. The lowest BCUT2D eigenvalue weighted by molar-refractivity contribution is 0.297. The lowest BCUT2D eigenvalue weighted by Crippen LogP contribution is -2.23. The van der Waals surface area contributed by atoms with E-state index in [1.807, 2.05) is 41.8 Å². The van der Waals surface area contributed by atoms with Crippen LogP contribution in [0.1, 0.15) is 12.1 Å². The molecule has 0 radical (unpaired) electrons. The molecule has 0 amide bonds. The molecule has 4 heterocycles. The van der Waals surface area contributed by atoms with Gasteiger partial charge in [0.25, 0.3) is 5.56 Å². The molecule has 0 unspecified atom stereocenters. The molecule has 5 rings (SSSR count). The Morgan fingerprint density at radius 2 is 1.93 bits per heavy atom. The Morgan fingerprint density at radius 3 is 2.79 bits per heavy atom. The number of thiophene rings is 1. The predicted molar refractivity (Wildman–Crippen MR) is 108 cm³/mol. The average Bonchev–Trinajstić information content (AvgIpc) is 3.37. The van der Waals surface area contributed by atoms with Gasteiger partial charge in [-0.15, -0.1) is 11.3 Å². The second-order valence-corrected chi connectivity index (χ2v) is 7.53. The number of nitrogens with zero attached hydrogens (tertiary/aromatic N) is 3. The SMILES string of the molecule is O=c1ccc(-c2ccc3c(c2)OCCCO3)nn1Cc1cc(-c2cccs2)on1. The molecule has 1 aliphatic rings. The van der Waals surface area contributed by atoms with Gasteiger partial charge >= 0.3 is 0 Å². The van der Waals surface area contributed by atoms with E-state index in [1.54, 1.807) is 17.4 Å². The second kappa shape index (κ2) is 7.56. The van der Waals surface area contributed by atoms with Crippen molar-refractivity contribution in [1.29, 1.82) is 0 Å². The minimum absolute atomic E-state index is 0.205. The Kier molecular flexibility index (Phi) is 4.61. The molecule has 0 aliphatic carbocycles. The van der Waals surface area contributed by atoms with Crippen LogP contribution < -0.4 is 15.0 Å². The summed E-state index contributed by atoms with van der Waals surface area (Å²) in [6.07, 6.45) is 0.846. The third kappa shape index (κ3) is 3.66. The third-order valence-corrected chi connectivity index (χ3v) is 5.43. The van der Waals surface area contributed by atoms with Gasteiger partial charge in [-0.25, -0.2) is 4.68 Å². The first-order chi connectivity index (χ1) is 14.3. The van der Waals surface area contributed by atoms with Crippen LogP contribution in [0.4, 0.5) is 0 Å². The van der Waals surface area contributed by atoms with Crippen LogP contribution in [-0.2, 0) is 6.54 Å². The van der Waals surface area contributed by atoms with E-state index in [1.165, 1.54) is 10.7 Å². The van der Waals surface area contributed by atoms with Gasteiger partial charge < -0.3 is 14.0 Å². The van der Waals surface area contributed by atoms with E-state index in [-0.39, 0.29) is 12.1 Å². The van der Waals surface area contributed by atoms with Crippen molar-refractivity contribution >= 4 is 11.3 Å². The maximum absolute atomic E-state index is 12.3. The molecule has 0 fully saturated rings. The summed E-state index contributed by atoms with van der Waals surface area (Å²) in [6.45, 7) is 1.48. The molecule has 0 saturated carbocycles. The summed E-state index contributed by atoms with van der Waals surface area (Å²) in [5.74, 6) is 2.10. The van der Waals surface area contributed by atoms with Crippen molar-refractivity contribution in [2.45, 2.75) is 13.0 Å². The smallest absolute Gasteiger partial charge is 0.267 e. The van der Waals surface area contributed by atoms with E-state index < -0.39 is 0 Å². The molecule has 0 atom stereocenters. The molecule has 0 saturated heterocycles. The molecule has 7 nitrogen and oxygen atoms in total. The highest BCUT2D eigenvalue weighted by molar-refractivity contribution is 7.13. The van der Waals surface area contributed by atoms with E-state index in [0.29, 0.717) is 36.1 Å². The van der Waals surface area contributed by atoms with E-state index in [0.717, 1.165) is 22.6 Å². The Morgan fingerprint density at radius 1 is 1.03 bits per heavy atom. The Balaban J connectivity index is 1.43. The van der Waals surface area contributed by atoms with Gasteiger partial charge in [0.15, 0.2) is 17.3 Å². The highest BCUT2D eigenvalue weighted by atomic mass is 32.1. The number of aromatic nitrogens is 3. The van der Waals surface area contributed by atoms with Gasteiger partial charge in [-0.05, 0) is 35.7 Å². The van der Waals surface area contributed by atoms with Gasteiger partial charge in [0.05, 0.1) is 30.3 Å². The fraction of sp³-hybridized carbons (Fsp3) is 0.190. The van der Waals surface area contributed by atoms with E-state index in [4.69, 9.17) is 14.0 Å². The van der Waals surface area contributed by atoms with Crippen LogP contribution in [0.25, 0.3) is 21.9 Å². The van der Waals surface area contributed by atoms with Crippen molar-refractivity contribution in [3.05, 3.63) is 70.0 Å². The zero-order chi connectivity index (χ0) is 19.6. The van der Waals surface area contributed by atoms with E-state index >= 15 is 0 Å². The second-order valence-electron chi connectivity index (χ2n) is 6.59. The third-order valence-electron chi connectivity index (χ3n) is 4.54. The number of fused-ring (bicyclic) bond motifs is 1. The van der Waals surface area contributed by atoms with Crippen LogP contribution in [-0.4, -0.2) is 28.2 Å². The largest absolute Gasteiger partial charge is 0.490 e. The zero-order valence-electron chi connectivity index (χ0n) is 15.4. The normalized spacial score (nSPS) is 13.2. The Hall–Kier alpha value is -3.39. The topological polar surface area (TPSA) is 79.4 Å². The molecular formula is C21H17N3O4S. The van der Waals surface area contributed by atoms with Crippen LogP contribution in [0.5, 0.6) is 11.5 Å². The van der Waals surface area contributed by atoms with Gasteiger partial charge in [0.1, 0.15) is 5.69 Å². The first-order valence-corrected chi connectivity index (χ1v) is 10.1. The van der Waals surface area contributed by atoms with Gasteiger partial charge in [0, 0.05) is 24.1 Å². The van der Waals surface area contributed by atoms with E-state index in [9.17, 15) is 4.79 Å². The standard InChI is InChI=1S/C21H17N3O4S/c25-21-7-5-16(14-4-6-17-18(11-14)27-9-2-8-26-17)22-24(21)13-15-12-19(28-23-15)20-3-1-10-29-20/h1,3-7,10-12H,2,8-9,13H2. The fourth-order valence-electron chi connectivity index (χ4n) is 3.11. The quantitative estimate of drug-likeness (QED) is 0.511. The van der Waals surface area contributed by atoms with Crippen molar-refractivity contribution in [2.24, 2.45) is 0 Å². The van der Waals surface area contributed by atoms with Gasteiger partial charge in [0.2, 0.25) is 0 Å². The lowest BCUT2D eigenvalue weighted by Gasteiger charge is -2.10. The van der Waals surface area contributed by atoms with Crippen LogP contribution in [0, 0.1) is 0 Å². The van der Waals surface area contributed by atoms with Crippen LogP contribution in [0.2, 0.25) is 0 Å². The predicted octanol–water partition coefficient (Wildman–Crippen LogP) is 3.84. The molecule has 0 bridgehead atoms. The molecule has 146 valence electrons. The minimum Gasteiger partial charge on any atom is -0.490 e. The summed E-state index contributed by atoms with van der Waals surface area (Å²) in [7, 11) is 0. The molecule has 1 aliphatic heterocycles. The number of ether oxygens (including phenoxy) is 2. The van der Waals surface area contributed by atoms with Gasteiger partial charge in [-0.3, -0.25) is 4.79 Å². The Bertz CT molecular complexity index is 1200. The summed E-state index contributed by atoms with van der Waals surface area (Å²) in [5, 5.41) is 10.6. The molecule has 4 aromatic rings. The molecule has 0 N–H and O–H groups in total. The molecule has 8 heteroatoms. The number of benzene rings is 1. The average molecular weight is 407 g/mol. The number of rotatable bonds is 4. The first-order valence-electron chi connectivity index (χ1n) is 9.24. The molecule has 29 heavy (non-hydrogen) atoms. The molecule has 0 spiro atoms. The molecule has 1 aromatic carbocycles. The van der Waals surface area contributed by atoms with Crippen LogP contribution in [0.3, 0.4) is 0 Å². The van der Waals surface area contributed by atoms with Gasteiger partial charge in [-0.2, -0.15) is 5.10 Å². The van der Waals surface area contributed by atoms with Crippen LogP contribution >= 0.6 is 11.3 Å². The van der Waals surface area contributed by atoms with Crippen molar-refractivity contribution in [3.8, 4) is 33.4 Å². The summed E-state index contributed by atoms with van der Waals surface area (Å²) < 4.78 is 18.2. The molecule has 3 aromatic heterocycles.